The summed E-state index contributed by atoms with van der Waals surface area (Å²) in [6.45, 7) is 24.9. The number of rotatable bonds is 2. The second-order valence-corrected chi connectivity index (χ2v) is 9.90. The molecule has 0 atom stereocenters. The Morgan fingerprint density at radius 2 is 1.04 bits per heavy atom. The van der Waals surface area contributed by atoms with Crippen LogP contribution in [0.5, 0.6) is 5.75 Å². The van der Waals surface area contributed by atoms with E-state index >= 15 is 0 Å². The van der Waals surface area contributed by atoms with Gasteiger partial charge in [-0.3, -0.25) is 4.81 Å². The molecule has 4 heterocycles. The first-order valence-corrected chi connectivity index (χ1v) is 16.9. The van der Waals surface area contributed by atoms with Gasteiger partial charge in [-0.25, -0.2) is 13.9 Å². The molecule has 2 aliphatic rings. The van der Waals surface area contributed by atoms with E-state index in [2.05, 4.69) is 139 Å². The van der Waals surface area contributed by atoms with Crippen LogP contribution >= 0.6 is 0 Å². The minimum absolute atomic E-state index is 0.0229. The summed E-state index contributed by atoms with van der Waals surface area (Å²) in [5.74, 6) is 3.32. The van der Waals surface area contributed by atoms with Gasteiger partial charge in [0.15, 0.2) is 5.69 Å². The Morgan fingerprint density at radius 3 is 1.56 bits per heavy atom. The molecule has 0 N–H and O–H groups in total. The van der Waals surface area contributed by atoms with Crippen LogP contribution in [0.1, 0.15) is 66.5 Å². The molecular weight excluding hydrogens is 552 g/mol. The summed E-state index contributed by atoms with van der Waals surface area (Å²) >= 11 is 0. The standard InChI is InChI=1S/C15H19BN3.C14H16BN2O.4C2H6/c1-12-8-7-9-13-15(12)19(16(2)18(13)4)14-10-5-6-11-17(14)3;1-11-7-6-8-12-14(11)17(15(2)18-12)13-9-4-5-10-16(13)3;4*1-2/h5-11H,1-4H3;4-10H,1-3H3;4*1-2H3/q2*+1;;;;. The van der Waals surface area contributed by atoms with Gasteiger partial charge >= 0.3 is 14.0 Å². The number of benzene rings is 2. The highest BCUT2D eigenvalue weighted by molar-refractivity contribution is 6.70. The van der Waals surface area contributed by atoms with Gasteiger partial charge in [0.25, 0.3) is 11.6 Å². The summed E-state index contributed by atoms with van der Waals surface area (Å²) in [6, 6.07) is 25.2. The Kier molecular flexibility index (Phi) is 16.9. The first-order chi connectivity index (χ1) is 21.8. The first kappa shape index (κ1) is 39.1. The van der Waals surface area contributed by atoms with E-state index in [1.807, 2.05) is 73.6 Å². The molecule has 2 aromatic carbocycles. The molecule has 0 bridgehead atoms. The highest BCUT2D eigenvalue weighted by atomic mass is 16.5. The molecule has 2 aromatic heterocycles. The van der Waals surface area contributed by atoms with Gasteiger partial charge in [0.1, 0.15) is 11.4 Å². The number of aryl methyl sites for hydroxylation is 4. The summed E-state index contributed by atoms with van der Waals surface area (Å²) in [5, 5.41) is 0. The fraction of sp³-hybridized carbons (Fsp3) is 0.405. The highest BCUT2D eigenvalue weighted by Crippen LogP contribution is 2.43. The van der Waals surface area contributed by atoms with Crippen LogP contribution in [0, 0.1) is 13.8 Å². The van der Waals surface area contributed by atoms with Crippen LogP contribution in [0.4, 0.5) is 28.7 Å². The fourth-order valence-electron chi connectivity index (χ4n) is 5.39. The predicted octanol–water partition coefficient (Wildman–Crippen LogP) is 9.10. The average Bonchev–Trinajstić information content (AvgIpc) is 3.55. The molecule has 6 nitrogen and oxygen atoms in total. The van der Waals surface area contributed by atoms with Crippen LogP contribution in [-0.2, 0) is 14.1 Å². The Balaban J connectivity index is 0.000000369. The van der Waals surface area contributed by atoms with E-state index < -0.39 is 0 Å². The molecule has 0 fully saturated rings. The fourth-order valence-corrected chi connectivity index (χ4v) is 5.39. The second-order valence-electron chi connectivity index (χ2n) is 9.90. The number of hydrogen-bond donors (Lipinski definition) is 0. The van der Waals surface area contributed by atoms with Crippen molar-refractivity contribution in [1.29, 1.82) is 0 Å². The molecule has 242 valence electrons. The number of nitrogens with zero attached hydrogens (tertiary/aromatic N) is 5. The van der Waals surface area contributed by atoms with Gasteiger partial charge < -0.3 is 9.47 Å². The topological polar surface area (TPSA) is 26.7 Å². The van der Waals surface area contributed by atoms with Gasteiger partial charge in [0, 0.05) is 19.0 Å². The van der Waals surface area contributed by atoms with Gasteiger partial charge in [-0.2, -0.15) is 0 Å². The van der Waals surface area contributed by atoms with E-state index in [0.717, 1.165) is 11.6 Å². The molecule has 0 saturated heterocycles. The maximum atomic E-state index is 5.92. The normalized spacial score (nSPS) is 11.8. The molecule has 0 saturated carbocycles. The molecule has 0 aliphatic carbocycles. The number of pyridine rings is 2. The van der Waals surface area contributed by atoms with Crippen molar-refractivity contribution >= 4 is 42.7 Å². The van der Waals surface area contributed by atoms with Crippen LogP contribution in [0.15, 0.2) is 85.2 Å². The minimum atomic E-state index is 0.0229. The molecule has 0 amide bonds. The van der Waals surface area contributed by atoms with E-state index in [9.17, 15) is 0 Å². The first-order valence-electron chi connectivity index (χ1n) is 16.9. The van der Waals surface area contributed by atoms with Gasteiger partial charge in [0.05, 0.1) is 32.2 Å². The molecule has 0 radical (unpaired) electrons. The maximum absolute atomic E-state index is 5.92. The third-order valence-corrected chi connectivity index (χ3v) is 7.42. The number of fused-ring (bicyclic) bond motifs is 2. The lowest BCUT2D eigenvalue weighted by molar-refractivity contribution is -0.658. The number of hydrogen-bond acceptors (Lipinski definition) is 4. The van der Waals surface area contributed by atoms with E-state index in [4.69, 9.17) is 4.65 Å². The van der Waals surface area contributed by atoms with Crippen molar-refractivity contribution in [3.63, 3.8) is 0 Å². The number of anilines is 5. The molecular formula is C37H59B2N5O+2. The zero-order valence-electron chi connectivity index (χ0n) is 30.9. The van der Waals surface area contributed by atoms with Crippen LogP contribution in [0.25, 0.3) is 0 Å². The van der Waals surface area contributed by atoms with Crippen molar-refractivity contribution in [1.82, 2.24) is 0 Å². The number of para-hydroxylation sites is 2. The summed E-state index contributed by atoms with van der Waals surface area (Å²) in [6.07, 6.45) is 4.15. The Hall–Kier alpha value is -3.93. The Labute approximate surface area is 276 Å². The minimum Gasteiger partial charge on any atom is -0.519 e. The molecule has 8 heteroatoms. The summed E-state index contributed by atoms with van der Waals surface area (Å²) in [7, 11) is 6.33. The summed E-state index contributed by atoms with van der Waals surface area (Å²) in [5.41, 5.74) is 6.35. The zero-order valence-corrected chi connectivity index (χ0v) is 30.9. The largest absolute Gasteiger partial charge is 0.607 e. The quantitative estimate of drug-likeness (QED) is 0.167. The van der Waals surface area contributed by atoms with E-state index in [-0.39, 0.29) is 7.05 Å². The lowest BCUT2D eigenvalue weighted by Crippen LogP contribution is -2.46. The van der Waals surface area contributed by atoms with Crippen molar-refractivity contribution in [2.24, 2.45) is 14.1 Å². The van der Waals surface area contributed by atoms with E-state index in [1.165, 1.54) is 34.0 Å². The molecule has 2 aliphatic heterocycles. The van der Waals surface area contributed by atoms with Gasteiger partial charge in [0.2, 0.25) is 0 Å². The van der Waals surface area contributed by atoms with Crippen LogP contribution < -0.4 is 28.2 Å². The number of aromatic nitrogens is 2. The summed E-state index contributed by atoms with van der Waals surface area (Å²) < 4.78 is 10.2. The highest BCUT2D eigenvalue weighted by Gasteiger charge is 2.45. The third kappa shape index (κ3) is 8.62. The lowest BCUT2D eigenvalue weighted by Gasteiger charge is -2.18. The summed E-state index contributed by atoms with van der Waals surface area (Å²) in [4.78, 5) is 6.98. The van der Waals surface area contributed by atoms with Crippen LogP contribution in [-0.4, -0.2) is 21.1 Å². The van der Waals surface area contributed by atoms with Gasteiger partial charge in [-0.15, -0.1) is 0 Å². The Morgan fingerprint density at radius 1 is 0.578 bits per heavy atom. The molecule has 45 heavy (non-hydrogen) atoms. The van der Waals surface area contributed by atoms with Crippen LogP contribution in [0.3, 0.4) is 0 Å². The second kappa shape index (κ2) is 19.5. The maximum Gasteiger partial charge on any atom is 0.607 e. The van der Waals surface area contributed by atoms with Gasteiger partial charge in [-0.1, -0.05) is 91.8 Å². The van der Waals surface area contributed by atoms with Crippen molar-refractivity contribution in [2.75, 3.05) is 21.5 Å². The van der Waals surface area contributed by atoms with Crippen molar-refractivity contribution in [2.45, 2.75) is 82.9 Å². The molecule has 0 spiro atoms. The zero-order chi connectivity index (χ0) is 34.3. The monoisotopic (exact) mass is 611 g/mol. The SMILES string of the molecule is CB1N(C)c2cccc(C)c2N1c1cccc[n+]1C.CB1Oc2cccc(C)c2N1c1cccc[n+]1C.CC.CC.CC.CC. The lowest BCUT2D eigenvalue weighted by atomic mass is 9.77. The van der Waals surface area contributed by atoms with Crippen molar-refractivity contribution < 1.29 is 13.8 Å². The smallest absolute Gasteiger partial charge is 0.519 e. The van der Waals surface area contributed by atoms with E-state index in [0.29, 0.717) is 6.98 Å². The van der Waals surface area contributed by atoms with Gasteiger partial charge in [-0.05, 0) is 63.1 Å². The van der Waals surface area contributed by atoms with Crippen LogP contribution in [0.2, 0.25) is 13.6 Å². The molecule has 0 unspecified atom stereocenters. The third-order valence-electron chi connectivity index (χ3n) is 7.42. The Bertz CT molecular complexity index is 1450. The average molecular weight is 612 g/mol. The predicted molar refractivity (Wildman–Crippen MR) is 200 cm³/mol. The van der Waals surface area contributed by atoms with Crippen molar-refractivity contribution in [3.8, 4) is 5.75 Å². The molecule has 6 rings (SSSR count). The molecule has 4 aromatic rings. The van der Waals surface area contributed by atoms with E-state index in [1.54, 1.807) is 0 Å². The van der Waals surface area contributed by atoms with Crippen molar-refractivity contribution in [3.05, 3.63) is 96.3 Å².